The number of halogens is 1. The quantitative estimate of drug-likeness (QED) is 0.342. The minimum Gasteiger partial charge on any atom is -0.371 e. The molecule has 0 aliphatic carbocycles. The summed E-state index contributed by atoms with van der Waals surface area (Å²) in [6.45, 7) is 1.19. The van der Waals surface area contributed by atoms with Crippen LogP contribution in [0.3, 0.4) is 0 Å². The van der Waals surface area contributed by atoms with Crippen molar-refractivity contribution >= 4 is 45.1 Å². The van der Waals surface area contributed by atoms with Gasteiger partial charge in [0.1, 0.15) is 11.7 Å². The Balaban J connectivity index is 1.91. The van der Waals surface area contributed by atoms with Crippen LogP contribution in [0, 0.1) is 0 Å². The highest BCUT2D eigenvalue weighted by Crippen LogP contribution is 2.39. The maximum Gasteiger partial charge on any atom is 0.249 e. The summed E-state index contributed by atoms with van der Waals surface area (Å²) in [4.78, 5) is 39.2. The van der Waals surface area contributed by atoms with E-state index in [0.29, 0.717) is 18.7 Å². The first-order chi connectivity index (χ1) is 12.6. The van der Waals surface area contributed by atoms with E-state index in [2.05, 4.69) is 32.2 Å². The average Bonchev–Trinajstić information content (AvgIpc) is 3.00. The van der Waals surface area contributed by atoms with Gasteiger partial charge in [-0.2, -0.15) is 0 Å². The lowest BCUT2D eigenvalue weighted by atomic mass is 10.0. The van der Waals surface area contributed by atoms with Crippen LogP contribution in [0.1, 0.15) is 24.0 Å². The molecule has 2 heterocycles. The molecule has 0 bridgehead atoms. The summed E-state index contributed by atoms with van der Waals surface area (Å²) >= 11 is 3.36. The average molecular weight is 418 g/mol. The van der Waals surface area contributed by atoms with Gasteiger partial charge < -0.3 is 9.80 Å². The molecule has 1 aromatic rings. The van der Waals surface area contributed by atoms with Crippen molar-refractivity contribution < 1.29 is 14.4 Å². The monoisotopic (exact) mass is 417 g/mol. The predicted molar refractivity (Wildman–Crippen MR) is 103 cm³/mol. The first-order valence-electron chi connectivity index (χ1n) is 8.46. The van der Waals surface area contributed by atoms with Gasteiger partial charge in [0.05, 0.1) is 0 Å². The zero-order valence-corrected chi connectivity index (χ0v) is 16.1. The topological polar surface area (TPSA) is 69.7 Å². The number of hydrogen-bond acceptors (Lipinski definition) is 5. The molecule has 7 heteroatoms. The van der Waals surface area contributed by atoms with E-state index in [1.165, 1.54) is 0 Å². The number of nitrogens with one attached hydrogen (secondary N) is 1. The molecule has 0 saturated carbocycles. The fraction of sp³-hybridized carbons (Fsp3) is 0.368. The van der Waals surface area contributed by atoms with Crippen LogP contribution >= 0.6 is 15.9 Å². The summed E-state index contributed by atoms with van der Waals surface area (Å²) in [5.41, 5.74) is 3.22. The van der Waals surface area contributed by atoms with Crippen molar-refractivity contribution in [1.29, 1.82) is 0 Å². The Morgan fingerprint density at radius 1 is 1.38 bits per heavy atom. The Kier molecular flexibility index (Phi) is 5.59. The van der Waals surface area contributed by atoms with Crippen LogP contribution < -0.4 is 10.2 Å². The number of alkyl halides is 1. The molecule has 1 N–H and O–H groups in total. The van der Waals surface area contributed by atoms with Gasteiger partial charge in [0.15, 0.2) is 5.94 Å². The van der Waals surface area contributed by atoms with Crippen molar-refractivity contribution in [2.24, 2.45) is 0 Å². The molecule has 1 unspecified atom stereocenters. The SMILES string of the molecule is CN(CC=CCBr)c1cccc2c1CN(C1CCC(=O)NC1=O)C2=C=O. The van der Waals surface area contributed by atoms with Gasteiger partial charge in [-0.3, -0.25) is 14.9 Å². The third-order valence-corrected chi connectivity index (χ3v) is 5.13. The van der Waals surface area contributed by atoms with Crippen LogP contribution in [0.2, 0.25) is 0 Å². The molecule has 0 aromatic heterocycles. The van der Waals surface area contributed by atoms with Crippen molar-refractivity contribution in [2.45, 2.75) is 25.4 Å². The van der Waals surface area contributed by atoms with Gasteiger partial charge >= 0.3 is 0 Å². The fourth-order valence-corrected chi connectivity index (χ4v) is 3.74. The Morgan fingerprint density at radius 3 is 2.88 bits per heavy atom. The van der Waals surface area contributed by atoms with Gasteiger partial charge in [-0.25, -0.2) is 4.79 Å². The van der Waals surface area contributed by atoms with E-state index in [1.54, 1.807) is 4.90 Å². The Morgan fingerprint density at radius 2 is 2.19 bits per heavy atom. The second kappa shape index (κ2) is 7.89. The standard InChI is InChI=1S/C19H20BrN3O3/c1-22(10-3-2-9-20)15-6-4-5-13-14(15)11-23(17(13)12-24)16-7-8-18(25)21-19(16)26/h2-6,16H,7-11H2,1H3,(H,21,25,26). The summed E-state index contributed by atoms with van der Waals surface area (Å²) in [6.07, 6.45) is 4.78. The van der Waals surface area contributed by atoms with E-state index >= 15 is 0 Å². The number of nitrogens with zero attached hydrogens (tertiary/aromatic N) is 2. The molecule has 0 radical (unpaired) electrons. The molecule has 1 aromatic carbocycles. The molecule has 2 aliphatic rings. The lowest BCUT2D eigenvalue weighted by Gasteiger charge is -2.30. The molecule has 2 aliphatic heterocycles. The lowest BCUT2D eigenvalue weighted by molar-refractivity contribution is -0.136. The number of rotatable bonds is 5. The summed E-state index contributed by atoms with van der Waals surface area (Å²) < 4.78 is 0. The number of allylic oxidation sites excluding steroid dienone is 1. The number of carbonyl (C=O) groups is 2. The Hall–Kier alpha value is -2.37. The van der Waals surface area contributed by atoms with E-state index in [-0.39, 0.29) is 18.2 Å². The minimum atomic E-state index is -0.525. The van der Waals surface area contributed by atoms with Gasteiger partial charge in [0.25, 0.3) is 0 Å². The Labute approximate surface area is 160 Å². The van der Waals surface area contributed by atoms with E-state index in [1.807, 2.05) is 37.3 Å². The van der Waals surface area contributed by atoms with Crippen LogP contribution in [-0.2, 0) is 20.9 Å². The summed E-state index contributed by atoms with van der Waals surface area (Å²) in [6, 6.07) is 5.28. The van der Waals surface area contributed by atoms with Crippen molar-refractivity contribution in [3.63, 3.8) is 0 Å². The minimum absolute atomic E-state index is 0.265. The van der Waals surface area contributed by atoms with Gasteiger partial charge in [0, 0.05) is 48.7 Å². The van der Waals surface area contributed by atoms with E-state index in [9.17, 15) is 14.4 Å². The lowest BCUT2D eigenvalue weighted by Crippen LogP contribution is -2.50. The molecule has 0 spiro atoms. The predicted octanol–water partition coefficient (Wildman–Crippen LogP) is 1.87. The molecule has 6 nitrogen and oxygen atoms in total. The molecule has 2 amide bonds. The van der Waals surface area contributed by atoms with Gasteiger partial charge in [0.2, 0.25) is 11.8 Å². The van der Waals surface area contributed by atoms with Crippen LogP contribution in [0.4, 0.5) is 5.69 Å². The number of carbonyl (C=O) groups excluding carboxylic acids is 3. The van der Waals surface area contributed by atoms with E-state index < -0.39 is 6.04 Å². The van der Waals surface area contributed by atoms with Gasteiger partial charge in [-0.15, -0.1) is 0 Å². The summed E-state index contributed by atoms with van der Waals surface area (Å²) in [5, 5.41) is 3.16. The van der Waals surface area contributed by atoms with Crippen LogP contribution in [-0.4, -0.2) is 47.6 Å². The number of fused-ring (bicyclic) bond motifs is 1. The summed E-state index contributed by atoms with van der Waals surface area (Å²) in [5.74, 6) is 1.39. The zero-order valence-electron chi connectivity index (χ0n) is 14.5. The number of benzene rings is 1. The molecule has 26 heavy (non-hydrogen) atoms. The largest absolute Gasteiger partial charge is 0.371 e. The van der Waals surface area contributed by atoms with E-state index in [4.69, 9.17) is 0 Å². The highest BCUT2D eigenvalue weighted by Gasteiger charge is 2.38. The van der Waals surface area contributed by atoms with Crippen LogP contribution in [0.15, 0.2) is 30.4 Å². The number of likely N-dealkylation sites (N-methyl/N-ethyl adjacent to an activating group) is 1. The van der Waals surface area contributed by atoms with Crippen molar-refractivity contribution in [2.75, 3.05) is 23.8 Å². The fourth-order valence-electron chi connectivity index (χ4n) is 3.48. The molecule has 1 saturated heterocycles. The normalized spacial score (nSPS) is 19.5. The van der Waals surface area contributed by atoms with Gasteiger partial charge in [-0.05, 0) is 12.5 Å². The zero-order chi connectivity index (χ0) is 18.7. The summed E-state index contributed by atoms with van der Waals surface area (Å²) in [7, 11) is 1.99. The molecule has 3 rings (SSSR count). The third-order valence-electron chi connectivity index (χ3n) is 4.75. The molecular formula is C19H20BrN3O3. The van der Waals surface area contributed by atoms with Gasteiger partial charge in [-0.1, -0.05) is 40.2 Å². The van der Waals surface area contributed by atoms with Crippen molar-refractivity contribution in [1.82, 2.24) is 10.2 Å². The smallest absolute Gasteiger partial charge is 0.249 e. The highest BCUT2D eigenvalue weighted by atomic mass is 79.9. The molecule has 136 valence electrons. The molecule has 1 fully saturated rings. The number of imide groups is 1. The van der Waals surface area contributed by atoms with Crippen molar-refractivity contribution in [3.05, 3.63) is 41.5 Å². The number of piperidine rings is 1. The second-order valence-corrected chi connectivity index (χ2v) is 7.00. The Bertz CT molecular complexity index is 814. The maximum atomic E-state index is 12.3. The number of amides is 2. The first-order valence-corrected chi connectivity index (χ1v) is 9.58. The van der Waals surface area contributed by atoms with Crippen LogP contribution in [0.5, 0.6) is 0 Å². The number of hydrogen-bond donors (Lipinski definition) is 1. The van der Waals surface area contributed by atoms with Crippen LogP contribution in [0.25, 0.3) is 5.70 Å². The number of anilines is 1. The van der Waals surface area contributed by atoms with E-state index in [0.717, 1.165) is 28.7 Å². The van der Waals surface area contributed by atoms with Crippen molar-refractivity contribution in [3.8, 4) is 0 Å². The molecular weight excluding hydrogens is 398 g/mol. The highest BCUT2D eigenvalue weighted by molar-refractivity contribution is 9.09. The first kappa shape index (κ1) is 18.4. The third kappa shape index (κ3) is 3.45. The second-order valence-electron chi connectivity index (χ2n) is 6.35. The maximum absolute atomic E-state index is 12.3. The molecule has 1 atom stereocenters.